The Balaban J connectivity index is 2.17. The molecular weight excluding hydrogens is 385 g/mol. The van der Waals surface area contributed by atoms with Crippen molar-refractivity contribution >= 4 is 32.8 Å². The van der Waals surface area contributed by atoms with E-state index in [9.17, 15) is 17.6 Å². The lowest BCUT2D eigenvalue weighted by Crippen LogP contribution is -2.36. The van der Waals surface area contributed by atoms with E-state index >= 15 is 0 Å². The molecule has 1 aromatic carbocycles. The number of benzene rings is 1. The molecule has 1 aromatic heterocycles. The number of sulfone groups is 1. The molecule has 28 heavy (non-hydrogen) atoms. The van der Waals surface area contributed by atoms with Gasteiger partial charge >= 0.3 is 0 Å². The van der Waals surface area contributed by atoms with E-state index in [0.717, 1.165) is 6.20 Å². The van der Waals surface area contributed by atoms with Crippen molar-refractivity contribution < 1.29 is 17.6 Å². The second-order valence-electron chi connectivity index (χ2n) is 7.20. The van der Waals surface area contributed by atoms with Crippen molar-refractivity contribution in [1.82, 2.24) is 10.4 Å². The SMILES string of the molecule is CC(C)(C)S(=O)(=O)c1ccc2c(c1)C(Nc1cncc(F)c1)=C(C(N)=O)NN2. The fourth-order valence-corrected chi connectivity index (χ4v) is 3.85. The second kappa shape index (κ2) is 6.79. The quantitative estimate of drug-likeness (QED) is 0.613. The highest BCUT2D eigenvalue weighted by Gasteiger charge is 2.32. The minimum Gasteiger partial charge on any atom is -0.364 e. The molecule has 0 saturated heterocycles. The highest BCUT2D eigenvalue weighted by Crippen LogP contribution is 2.34. The number of anilines is 2. The lowest BCUT2D eigenvalue weighted by molar-refractivity contribution is -0.114. The van der Waals surface area contributed by atoms with E-state index in [1.165, 1.54) is 24.4 Å². The average Bonchev–Trinajstić information content (AvgIpc) is 2.60. The topological polar surface area (TPSA) is 126 Å². The largest absolute Gasteiger partial charge is 0.364 e. The van der Waals surface area contributed by atoms with Gasteiger partial charge in [0.25, 0.3) is 5.91 Å². The van der Waals surface area contributed by atoms with Gasteiger partial charge in [0.15, 0.2) is 9.84 Å². The molecule has 0 fully saturated rings. The Morgan fingerprint density at radius 3 is 2.50 bits per heavy atom. The Morgan fingerprint density at radius 1 is 1.18 bits per heavy atom. The predicted molar refractivity (Wildman–Crippen MR) is 104 cm³/mol. The molecule has 1 aliphatic rings. The van der Waals surface area contributed by atoms with E-state index in [-0.39, 0.29) is 22.0 Å². The van der Waals surface area contributed by atoms with Gasteiger partial charge in [0.1, 0.15) is 11.5 Å². The van der Waals surface area contributed by atoms with E-state index in [0.29, 0.717) is 11.3 Å². The van der Waals surface area contributed by atoms with E-state index in [2.05, 4.69) is 21.2 Å². The summed E-state index contributed by atoms with van der Waals surface area (Å²) >= 11 is 0. The van der Waals surface area contributed by atoms with Crippen LogP contribution >= 0.6 is 0 Å². The maximum atomic E-state index is 13.5. The molecule has 1 amide bonds. The zero-order valence-corrected chi connectivity index (χ0v) is 16.3. The summed E-state index contributed by atoms with van der Waals surface area (Å²) in [6.07, 6.45) is 2.41. The van der Waals surface area contributed by atoms with Gasteiger partial charge in [-0.05, 0) is 39.0 Å². The number of carbonyl (C=O) groups excluding carboxylic acids is 1. The summed E-state index contributed by atoms with van der Waals surface area (Å²) in [6, 6.07) is 5.69. The van der Waals surface area contributed by atoms with Gasteiger partial charge in [-0.25, -0.2) is 12.8 Å². The van der Waals surface area contributed by atoms with Gasteiger partial charge < -0.3 is 11.1 Å². The third kappa shape index (κ3) is 3.50. The van der Waals surface area contributed by atoms with Crippen LogP contribution in [0.25, 0.3) is 5.70 Å². The first-order chi connectivity index (χ1) is 13.0. The molecular formula is C18H20FN5O3S. The molecule has 2 heterocycles. The van der Waals surface area contributed by atoms with Crippen LogP contribution in [0.15, 0.2) is 47.3 Å². The molecule has 1 aliphatic heterocycles. The molecule has 8 nitrogen and oxygen atoms in total. The number of nitrogens with zero attached hydrogens (tertiary/aromatic N) is 1. The summed E-state index contributed by atoms with van der Waals surface area (Å²) in [5.41, 5.74) is 12.3. The Bertz CT molecular complexity index is 1090. The molecule has 10 heteroatoms. The van der Waals surface area contributed by atoms with E-state index in [1.54, 1.807) is 26.8 Å². The zero-order chi connectivity index (χ0) is 20.7. The van der Waals surface area contributed by atoms with E-state index in [1.807, 2.05) is 0 Å². The summed E-state index contributed by atoms with van der Waals surface area (Å²) in [5, 5.41) is 2.91. The van der Waals surface area contributed by atoms with E-state index < -0.39 is 26.3 Å². The molecule has 0 unspecified atom stereocenters. The maximum Gasteiger partial charge on any atom is 0.268 e. The summed E-state index contributed by atoms with van der Waals surface area (Å²) in [4.78, 5) is 15.7. The van der Waals surface area contributed by atoms with Crippen molar-refractivity contribution in [3.63, 3.8) is 0 Å². The smallest absolute Gasteiger partial charge is 0.268 e. The van der Waals surface area contributed by atoms with Crippen molar-refractivity contribution in [2.24, 2.45) is 5.73 Å². The lowest BCUT2D eigenvalue weighted by atomic mass is 10.1. The van der Waals surface area contributed by atoms with Crippen LogP contribution in [0.2, 0.25) is 0 Å². The Labute approximate surface area is 161 Å². The third-order valence-electron chi connectivity index (χ3n) is 4.17. The number of hydrogen-bond donors (Lipinski definition) is 4. The van der Waals surface area contributed by atoms with Gasteiger partial charge in [0, 0.05) is 11.6 Å². The molecule has 0 aliphatic carbocycles. The fraction of sp³-hybridized carbons (Fsp3) is 0.222. The number of aromatic nitrogens is 1. The first kappa shape index (κ1) is 19.6. The molecule has 5 N–H and O–H groups in total. The second-order valence-corrected chi connectivity index (χ2v) is 9.91. The molecule has 3 rings (SSSR count). The number of carbonyl (C=O) groups is 1. The Morgan fingerprint density at radius 2 is 1.89 bits per heavy atom. The molecule has 148 valence electrons. The molecule has 0 radical (unpaired) electrons. The molecule has 0 bridgehead atoms. The monoisotopic (exact) mass is 405 g/mol. The number of amides is 1. The number of nitrogens with two attached hydrogens (primary N) is 1. The van der Waals surface area contributed by atoms with Crippen molar-refractivity contribution in [1.29, 1.82) is 0 Å². The lowest BCUT2D eigenvalue weighted by Gasteiger charge is -2.27. The number of fused-ring (bicyclic) bond motifs is 1. The summed E-state index contributed by atoms with van der Waals surface area (Å²) in [6.45, 7) is 4.80. The highest BCUT2D eigenvalue weighted by atomic mass is 32.2. The van der Waals surface area contributed by atoms with Crippen LogP contribution in [-0.4, -0.2) is 24.1 Å². The van der Waals surface area contributed by atoms with Gasteiger partial charge in [-0.1, -0.05) is 0 Å². The maximum absolute atomic E-state index is 13.5. The summed E-state index contributed by atoms with van der Waals surface area (Å²) in [5.74, 6) is -1.36. The predicted octanol–water partition coefficient (Wildman–Crippen LogP) is 1.99. The van der Waals surface area contributed by atoms with Gasteiger partial charge in [-0.3, -0.25) is 20.6 Å². The Kier molecular flexibility index (Phi) is 4.76. The standard InChI is InChI=1S/C18H20FN5O3S/c1-18(2,3)28(26,27)12-4-5-14-13(7-12)15(16(17(20)25)24-23-14)22-11-6-10(19)8-21-9-11/h4-9,22-24H,1-3H3,(H2,20,25). The third-order valence-corrected chi connectivity index (χ3v) is 6.66. The Hall–Kier alpha value is -3.14. The molecule has 0 saturated carbocycles. The van der Waals surface area contributed by atoms with Gasteiger partial charge in [-0.15, -0.1) is 0 Å². The normalized spacial score (nSPS) is 14.0. The fourth-order valence-electron chi connectivity index (χ4n) is 2.63. The average molecular weight is 405 g/mol. The number of halogens is 1. The molecule has 0 spiro atoms. The van der Waals surface area contributed by atoms with Crippen LogP contribution in [0.5, 0.6) is 0 Å². The number of rotatable bonds is 4. The van der Waals surface area contributed by atoms with Gasteiger partial charge in [0.05, 0.1) is 39.1 Å². The van der Waals surface area contributed by atoms with Crippen LogP contribution in [0.1, 0.15) is 26.3 Å². The first-order valence-corrected chi connectivity index (χ1v) is 9.82. The van der Waals surface area contributed by atoms with Crippen LogP contribution in [0.4, 0.5) is 15.8 Å². The number of hydrogen-bond acceptors (Lipinski definition) is 7. The van der Waals surface area contributed by atoms with E-state index in [4.69, 9.17) is 5.73 Å². The number of pyridine rings is 1. The molecule has 2 aromatic rings. The number of hydrazine groups is 1. The minimum atomic E-state index is -3.64. The highest BCUT2D eigenvalue weighted by molar-refractivity contribution is 7.92. The van der Waals surface area contributed by atoms with Crippen molar-refractivity contribution in [2.75, 3.05) is 10.7 Å². The van der Waals surface area contributed by atoms with Gasteiger partial charge in [-0.2, -0.15) is 0 Å². The van der Waals surface area contributed by atoms with Crippen molar-refractivity contribution in [3.8, 4) is 0 Å². The van der Waals surface area contributed by atoms with Crippen LogP contribution < -0.4 is 21.9 Å². The summed E-state index contributed by atoms with van der Waals surface area (Å²) < 4.78 is 38.2. The van der Waals surface area contributed by atoms with Crippen LogP contribution in [0, 0.1) is 5.82 Å². The van der Waals surface area contributed by atoms with Crippen molar-refractivity contribution in [2.45, 2.75) is 30.4 Å². The molecule has 0 atom stereocenters. The van der Waals surface area contributed by atoms with Gasteiger partial charge in [0.2, 0.25) is 0 Å². The van der Waals surface area contributed by atoms with Crippen LogP contribution in [-0.2, 0) is 14.6 Å². The zero-order valence-electron chi connectivity index (χ0n) is 15.5. The summed E-state index contributed by atoms with van der Waals surface area (Å²) in [7, 11) is -3.64. The first-order valence-electron chi connectivity index (χ1n) is 8.33. The number of nitrogens with one attached hydrogen (secondary N) is 3. The van der Waals surface area contributed by atoms with Crippen LogP contribution in [0.3, 0.4) is 0 Å². The van der Waals surface area contributed by atoms with Crippen molar-refractivity contribution in [3.05, 3.63) is 53.7 Å². The minimum absolute atomic E-state index is 0.0259. The number of primary amides is 1.